The predicted octanol–water partition coefficient (Wildman–Crippen LogP) is 3.23. The highest BCUT2D eigenvalue weighted by Gasteiger charge is 2.08. The zero-order valence-electron chi connectivity index (χ0n) is 14.5. The van der Waals surface area contributed by atoms with E-state index < -0.39 is 5.97 Å². The standard InChI is InChI=1S/C22H20O4/c1-25-20-11-10-19(18-9-5-8-17(12-18)13-22(23)24)14-21(20)26-15-16-6-3-2-4-7-16/h2-12,14H,13,15H2,1H3,(H,23,24)/p-1. The number of ether oxygens (including phenoxy) is 2. The summed E-state index contributed by atoms with van der Waals surface area (Å²) in [6.45, 7) is 0.436. The van der Waals surface area contributed by atoms with E-state index in [9.17, 15) is 9.90 Å². The van der Waals surface area contributed by atoms with Gasteiger partial charge in [0, 0.05) is 12.4 Å². The van der Waals surface area contributed by atoms with Gasteiger partial charge in [-0.3, -0.25) is 0 Å². The van der Waals surface area contributed by atoms with E-state index in [1.807, 2.05) is 66.7 Å². The lowest BCUT2D eigenvalue weighted by Gasteiger charge is -2.13. The van der Waals surface area contributed by atoms with Gasteiger partial charge in [-0.2, -0.15) is 0 Å². The van der Waals surface area contributed by atoms with Crippen LogP contribution < -0.4 is 14.6 Å². The first-order chi connectivity index (χ1) is 12.7. The number of aliphatic carboxylic acids is 1. The van der Waals surface area contributed by atoms with E-state index in [1.54, 1.807) is 13.2 Å². The van der Waals surface area contributed by atoms with Gasteiger partial charge in [0.05, 0.1) is 7.11 Å². The lowest BCUT2D eigenvalue weighted by atomic mass is 10.0. The van der Waals surface area contributed by atoms with Gasteiger partial charge in [0.15, 0.2) is 11.5 Å². The quantitative estimate of drug-likeness (QED) is 0.658. The first-order valence-corrected chi connectivity index (χ1v) is 8.29. The van der Waals surface area contributed by atoms with Crippen LogP contribution >= 0.6 is 0 Å². The van der Waals surface area contributed by atoms with Gasteiger partial charge in [-0.05, 0) is 34.4 Å². The second-order valence-electron chi connectivity index (χ2n) is 5.89. The number of rotatable bonds is 7. The molecule has 3 aromatic rings. The minimum absolute atomic E-state index is 0.110. The molecule has 0 bridgehead atoms. The van der Waals surface area contributed by atoms with Gasteiger partial charge in [0.25, 0.3) is 0 Å². The van der Waals surface area contributed by atoms with Crippen molar-refractivity contribution < 1.29 is 19.4 Å². The number of carbonyl (C=O) groups excluding carboxylic acids is 1. The van der Waals surface area contributed by atoms with Crippen LogP contribution in [-0.4, -0.2) is 13.1 Å². The molecule has 0 aliphatic rings. The Morgan fingerprint density at radius 2 is 1.58 bits per heavy atom. The van der Waals surface area contributed by atoms with Crippen LogP contribution in [0.25, 0.3) is 11.1 Å². The van der Waals surface area contributed by atoms with Crippen LogP contribution in [-0.2, 0) is 17.8 Å². The average molecular weight is 347 g/mol. The third-order valence-electron chi connectivity index (χ3n) is 4.01. The predicted molar refractivity (Wildman–Crippen MR) is 97.9 cm³/mol. The van der Waals surface area contributed by atoms with E-state index in [2.05, 4.69) is 0 Å². The number of carbonyl (C=O) groups is 1. The van der Waals surface area contributed by atoms with E-state index in [0.29, 0.717) is 23.7 Å². The normalized spacial score (nSPS) is 10.3. The summed E-state index contributed by atoms with van der Waals surface area (Å²) in [7, 11) is 1.60. The summed E-state index contributed by atoms with van der Waals surface area (Å²) < 4.78 is 11.3. The Labute approximate surface area is 152 Å². The third-order valence-corrected chi connectivity index (χ3v) is 4.01. The lowest BCUT2D eigenvalue weighted by molar-refractivity contribution is -0.304. The largest absolute Gasteiger partial charge is 0.550 e. The van der Waals surface area contributed by atoms with Gasteiger partial charge in [-0.15, -0.1) is 0 Å². The van der Waals surface area contributed by atoms with Gasteiger partial charge in [0.1, 0.15) is 6.61 Å². The molecule has 3 aromatic carbocycles. The maximum Gasteiger partial charge on any atom is 0.162 e. The molecule has 0 aromatic heterocycles. The number of benzene rings is 3. The highest BCUT2D eigenvalue weighted by atomic mass is 16.5. The zero-order chi connectivity index (χ0) is 18.4. The number of carboxylic acids is 1. The Morgan fingerprint density at radius 3 is 2.31 bits per heavy atom. The summed E-state index contributed by atoms with van der Waals surface area (Å²) >= 11 is 0. The molecule has 0 radical (unpaired) electrons. The average Bonchev–Trinajstić information content (AvgIpc) is 2.66. The maximum atomic E-state index is 10.8. The molecule has 0 atom stereocenters. The van der Waals surface area contributed by atoms with Crippen molar-refractivity contribution in [2.45, 2.75) is 13.0 Å². The van der Waals surface area contributed by atoms with Crippen molar-refractivity contribution in [3.05, 3.63) is 83.9 Å². The van der Waals surface area contributed by atoms with Crippen LogP contribution in [0.4, 0.5) is 0 Å². The molecule has 0 aliphatic heterocycles. The summed E-state index contributed by atoms with van der Waals surface area (Å²) in [5, 5.41) is 10.8. The molecule has 3 rings (SSSR count). The van der Waals surface area contributed by atoms with Crippen molar-refractivity contribution in [2.75, 3.05) is 7.11 Å². The molecule has 0 fully saturated rings. The minimum Gasteiger partial charge on any atom is -0.550 e. The van der Waals surface area contributed by atoms with Crippen molar-refractivity contribution >= 4 is 5.97 Å². The monoisotopic (exact) mass is 347 g/mol. The van der Waals surface area contributed by atoms with Crippen molar-refractivity contribution in [3.63, 3.8) is 0 Å². The Bertz CT molecular complexity index is 888. The van der Waals surface area contributed by atoms with Gasteiger partial charge in [-0.25, -0.2) is 0 Å². The number of methoxy groups -OCH3 is 1. The summed E-state index contributed by atoms with van der Waals surface area (Å²) in [5.74, 6) is 0.193. The third kappa shape index (κ3) is 4.42. The van der Waals surface area contributed by atoms with Crippen molar-refractivity contribution in [1.82, 2.24) is 0 Å². The van der Waals surface area contributed by atoms with E-state index in [1.165, 1.54) is 0 Å². The molecule has 0 unspecified atom stereocenters. The molecule has 26 heavy (non-hydrogen) atoms. The zero-order valence-corrected chi connectivity index (χ0v) is 14.5. The smallest absolute Gasteiger partial charge is 0.162 e. The van der Waals surface area contributed by atoms with Crippen LogP contribution in [0, 0.1) is 0 Å². The van der Waals surface area contributed by atoms with Gasteiger partial charge >= 0.3 is 0 Å². The van der Waals surface area contributed by atoms with E-state index >= 15 is 0 Å². The molecule has 132 valence electrons. The summed E-state index contributed by atoms with van der Waals surface area (Å²) in [4.78, 5) is 10.8. The fraction of sp³-hybridized carbons (Fsp3) is 0.136. The van der Waals surface area contributed by atoms with Gasteiger partial charge < -0.3 is 19.4 Å². The fourth-order valence-corrected chi connectivity index (χ4v) is 2.73. The van der Waals surface area contributed by atoms with Gasteiger partial charge in [0.2, 0.25) is 0 Å². The highest BCUT2D eigenvalue weighted by Crippen LogP contribution is 2.33. The lowest BCUT2D eigenvalue weighted by Crippen LogP contribution is -2.24. The van der Waals surface area contributed by atoms with E-state index in [0.717, 1.165) is 16.7 Å². The molecule has 0 spiro atoms. The molecule has 0 aliphatic carbocycles. The Balaban J connectivity index is 1.86. The molecular formula is C22H19O4-. The highest BCUT2D eigenvalue weighted by molar-refractivity contribution is 5.71. The minimum atomic E-state index is -1.09. The van der Waals surface area contributed by atoms with Crippen molar-refractivity contribution in [2.24, 2.45) is 0 Å². The number of hydrogen-bond donors (Lipinski definition) is 0. The van der Waals surface area contributed by atoms with Crippen LogP contribution in [0.3, 0.4) is 0 Å². The molecule has 4 heteroatoms. The summed E-state index contributed by atoms with van der Waals surface area (Å²) in [6.07, 6.45) is -0.110. The first-order valence-electron chi connectivity index (χ1n) is 8.29. The molecule has 0 N–H and O–H groups in total. The first kappa shape index (κ1) is 17.5. The van der Waals surface area contributed by atoms with Crippen LogP contribution in [0.1, 0.15) is 11.1 Å². The van der Waals surface area contributed by atoms with Crippen LogP contribution in [0.2, 0.25) is 0 Å². The SMILES string of the molecule is COc1ccc(-c2cccc(CC(=O)[O-])c2)cc1OCc1ccccc1. The molecule has 0 amide bonds. The molecule has 0 heterocycles. The molecule has 0 saturated heterocycles. The van der Waals surface area contributed by atoms with Gasteiger partial charge in [-0.1, -0.05) is 60.7 Å². The Kier molecular flexibility index (Phi) is 5.54. The van der Waals surface area contributed by atoms with Crippen molar-refractivity contribution in [3.8, 4) is 22.6 Å². The number of hydrogen-bond acceptors (Lipinski definition) is 4. The van der Waals surface area contributed by atoms with E-state index in [-0.39, 0.29) is 6.42 Å². The van der Waals surface area contributed by atoms with Crippen molar-refractivity contribution in [1.29, 1.82) is 0 Å². The van der Waals surface area contributed by atoms with Crippen LogP contribution in [0.5, 0.6) is 11.5 Å². The Hall–Kier alpha value is -3.27. The van der Waals surface area contributed by atoms with Crippen LogP contribution in [0.15, 0.2) is 72.8 Å². The van der Waals surface area contributed by atoms with E-state index in [4.69, 9.17) is 9.47 Å². The second kappa shape index (κ2) is 8.21. The molecule has 4 nitrogen and oxygen atoms in total. The number of carboxylic acid groups (broad SMARTS) is 1. The molecular weight excluding hydrogens is 328 g/mol. The maximum absolute atomic E-state index is 10.8. The fourth-order valence-electron chi connectivity index (χ4n) is 2.73. The molecule has 0 saturated carbocycles. The summed E-state index contributed by atoms with van der Waals surface area (Å²) in [5.41, 5.74) is 3.60. The second-order valence-corrected chi connectivity index (χ2v) is 5.89. The summed E-state index contributed by atoms with van der Waals surface area (Å²) in [6, 6.07) is 23.0. The topological polar surface area (TPSA) is 58.6 Å². The Morgan fingerprint density at radius 1 is 0.846 bits per heavy atom.